The summed E-state index contributed by atoms with van der Waals surface area (Å²) in [4.78, 5) is 11.9. The molecular formula is C12H20ClN3O3S2. The van der Waals surface area contributed by atoms with Crippen LogP contribution in [0.3, 0.4) is 0 Å². The molecule has 0 heterocycles. The predicted molar refractivity (Wildman–Crippen MR) is 89.5 cm³/mol. The zero-order valence-corrected chi connectivity index (χ0v) is 14.3. The summed E-state index contributed by atoms with van der Waals surface area (Å²) in [5.74, 6) is -0.165. The van der Waals surface area contributed by atoms with Crippen molar-refractivity contribution in [3.63, 3.8) is 0 Å². The number of hydrogen-bond donors (Lipinski definition) is 3. The summed E-state index contributed by atoms with van der Waals surface area (Å²) < 4.78 is 26.2. The molecule has 1 rings (SSSR count). The topological polar surface area (TPSA) is 101 Å². The first-order valence-electron chi connectivity index (χ1n) is 6.04. The molecule has 0 fully saturated rings. The van der Waals surface area contributed by atoms with Crippen LogP contribution < -0.4 is 15.8 Å². The van der Waals surface area contributed by atoms with Crippen LogP contribution in [0.4, 0.5) is 5.69 Å². The third-order valence-corrected chi connectivity index (χ3v) is 4.95. The lowest BCUT2D eigenvalue weighted by atomic mass is 10.3. The van der Waals surface area contributed by atoms with Gasteiger partial charge in [-0.05, 0) is 31.4 Å². The van der Waals surface area contributed by atoms with Gasteiger partial charge in [-0.1, -0.05) is 6.07 Å². The van der Waals surface area contributed by atoms with E-state index in [2.05, 4.69) is 10.0 Å². The van der Waals surface area contributed by atoms with Crippen molar-refractivity contribution in [1.29, 1.82) is 0 Å². The molecule has 0 saturated carbocycles. The lowest BCUT2D eigenvalue weighted by Gasteiger charge is -2.11. The number of halogens is 1. The van der Waals surface area contributed by atoms with Gasteiger partial charge in [0, 0.05) is 18.8 Å². The van der Waals surface area contributed by atoms with Crippen molar-refractivity contribution >= 4 is 45.8 Å². The van der Waals surface area contributed by atoms with Crippen molar-refractivity contribution in [1.82, 2.24) is 4.72 Å². The maximum Gasteiger partial charge on any atom is 0.240 e. The third-order valence-electron chi connectivity index (χ3n) is 2.57. The van der Waals surface area contributed by atoms with Crippen molar-refractivity contribution in [3.05, 3.63) is 24.3 Å². The van der Waals surface area contributed by atoms with Gasteiger partial charge in [0.25, 0.3) is 0 Å². The highest BCUT2D eigenvalue weighted by atomic mass is 35.5. The summed E-state index contributed by atoms with van der Waals surface area (Å²) in [6.45, 7) is 2.17. The minimum absolute atomic E-state index is 0. The van der Waals surface area contributed by atoms with Gasteiger partial charge in [-0.15, -0.1) is 12.4 Å². The first-order chi connectivity index (χ1) is 9.40. The normalized spacial score (nSPS) is 12.3. The number of sulfonamides is 1. The van der Waals surface area contributed by atoms with Gasteiger partial charge >= 0.3 is 0 Å². The van der Waals surface area contributed by atoms with Crippen molar-refractivity contribution in [2.45, 2.75) is 17.1 Å². The molecule has 9 heteroatoms. The minimum Gasteiger partial charge on any atom is -0.329 e. The van der Waals surface area contributed by atoms with Gasteiger partial charge in [-0.3, -0.25) is 4.79 Å². The highest BCUT2D eigenvalue weighted by Gasteiger charge is 2.15. The molecule has 21 heavy (non-hydrogen) atoms. The molecule has 0 aliphatic heterocycles. The van der Waals surface area contributed by atoms with Gasteiger partial charge < -0.3 is 11.1 Å². The SMILES string of the molecule is CSC(C)C(=O)Nc1cccc(S(=O)(=O)NCCN)c1.Cl. The Bertz CT molecular complexity index is 567. The van der Waals surface area contributed by atoms with E-state index in [1.807, 2.05) is 6.26 Å². The van der Waals surface area contributed by atoms with E-state index < -0.39 is 10.0 Å². The first-order valence-corrected chi connectivity index (χ1v) is 8.81. The lowest BCUT2D eigenvalue weighted by molar-refractivity contribution is -0.115. The fourth-order valence-corrected chi connectivity index (χ4v) is 2.73. The number of carbonyl (C=O) groups is 1. The fourth-order valence-electron chi connectivity index (χ4n) is 1.37. The number of carbonyl (C=O) groups excluding carboxylic acids is 1. The molecule has 0 aliphatic carbocycles. The second-order valence-corrected chi connectivity index (χ2v) is 7.03. The first kappa shape index (κ1) is 20.2. The predicted octanol–water partition coefficient (Wildman–Crippen LogP) is 1.04. The average Bonchev–Trinajstić information content (AvgIpc) is 2.44. The van der Waals surface area contributed by atoms with Crippen LogP contribution in [-0.2, 0) is 14.8 Å². The molecule has 0 aromatic heterocycles. The zero-order chi connectivity index (χ0) is 15.2. The van der Waals surface area contributed by atoms with E-state index in [-0.39, 0.29) is 41.5 Å². The maximum atomic E-state index is 11.9. The standard InChI is InChI=1S/C12H19N3O3S2.ClH/c1-9(19-2)12(16)15-10-4-3-5-11(8-10)20(17,18)14-7-6-13;/h3-5,8-9,14H,6-7,13H2,1-2H3,(H,15,16);1H. The highest BCUT2D eigenvalue weighted by Crippen LogP contribution is 2.16. The maximum absolute atomic E-state index is 11.9. The van der Waals surface area contributed by atoms with Gasteiger partial charge in [-0.25, -0.2) is 13.1 Å². The molecule has 1 atom stereocenters. The quantitative estimate of drug-likeness (QED) is 0.679. The van der Waals surface area contributed by atoms with Crippen molar-refractivity contribution in [3.8, 4) is 0 Å². The number of nitrogens with two attached hydrogens (primary N) is 1. The van der Waals surface area contributed by atoms with Crippen molar-refractivity contribution < 1.29 is 13.2 Å². The van der Waals surface area contributed by atoms with E-state index in [1.54, 1.807) is 19.1 Å². The van der Waals surface area contributed by atoms with E-state index in [4.69, 9.17) is 5.73 Å². The number of amides is 1. The lowest BCUT2D eigenvalue weighted by Crippen LogP contribution is -2.29. The second-order valence-electron chi connectivity index (χ2n) is 4.08. The van der Waals surface area contributed by atoms with Crippen LogP contribution in [0.2, 0.25) is 0 Å². The Morgan fingerprint density at radius 1 is 1.43 bits per heavy atom. The number of benzene rings is 1. The second kappa shape index (κ2) is 9.26. The number of thioether (sulfide) groups is 1. The Balaban J connectivity index is 0.00000400. The highest BCUT2D eigenvalue weighted by molar-refractivity contribution is 7.99. The summed E-state index contributed by atoms with van der Waals surface area (Å²) in [7, 11) is -3.59. The van der Waals surface area contributed by atoms with Crippen LogP contribution >= 0.6 is 24.2 Å². The summed E-state index contributed by atoms with van der Waals surface area (Å²) in [5, 5.41) is 2.48. The van der Waals surface area contributed by atoms with E-state index in [1.165, 1.54) is 23.9 Å². The Kier molecular flexibility index (Phi) is 8.91. The summed E-state index contributed by atoms with van der Waals surface area (Å²) in [5.41, 5.74) is 5.72. The Hall–Kier alpha value is -0.800. The monoisotopic (exact) mass is 353 g/mol. The number of hydrogen-bond acceptors (Lipinski definition) is 5. The van der Waals surface area contributed by atoms with Crippen LogP contribution in [0.15, 0.2) is 29.2 Å². The zero-order valence-electron chi connectivity index (χ0n) is 11.8. The van der Waals surface area contributed by atoms with Crippen molar-refractivity contribution in [2.24, 2.45) is 5.73 Å². The molecule has 6 nitrogen and oxygen atoms in total. The Labute approximate surface area is 135 Å². The molecule has 1 aromatic rings. The summed E-state index contributed by atoms with van der Waals surface area (Å²) >= 11 is 1.42. The molecule has 4 N–H and O–H groups in total. The number of nitrogens with one attached hydrogen (secondary N) is 2. The molecule has 0 bridgehead atoms. The van der Waals surface area contributed by atoms with Crippen LogP contribution in [0.1, 0.15) is 6.92 Å². The number of rotatable bonds is 7. The Morgan fingerprint density at radius 2 is 2.10 bits per heavy atom. The van der Waals surface area contributed by atoms with Gasteiger partial charge in [0.05, 0.1) is 10.1 Å². The summed E-state index contributed by atoms with van der Waals surface area (Å²) in [6.07, 6.45) is 1.84. The molecule has 1 aromatic carbocycles. The largest absolute Gasteiger partial charge is 0.329 e. The minimum atomic E-state index is -3.59. The van der Waals surface area contributed by atoms with Gasteiger partial charge in [0.15, 0.2) is 0 Å². The van der Waals surface area contributed by atoms with Gasteiger partial charge in [0.1, 0.15) is 0 Å². The molecule has 0 spiro atoms. The number of anilines is 1. The average molecular weight is 354 g/mol. The molecule has 1 unspecified atom stereocenters. The molecule has 0 radical (unpaired) electrons. The molecule has 0 saturated heterocycles. The van der Waals surface area contributed by atoms with Gasteiger partial charge in [0.2, 0.25) is 15.9 Å². The fraction of sp³-hybridized carbons (Fsp3) is 0.417. The van der Waals surface area contributed by atoms with Crippen LogP contribution in [0.5, 0.6) is 0 Å². The molecule has 1 amide bonds. The van der Waals surface area contributed by atoms with E-state index in [9.17, 15) is 13.2 Å². The third kappa shape index (κ3) is 6.23. The molecule has 0 aliphatic rings. The summed E-state index contributed by atoms with van der Waals surface area (Å²) in [6, 6.07) is 6.11. The smallest absolute Gasteiger partial charge is 0.240 e. The van der Waals surface area contributed by atoms with Crippen LogP contribution in [0.25, 0.3) is 0 Å². The van der Waals surface area contributed by atoms with Gasteiger partial charge in [-0.2, -0.15) is 11.8 Å². The van der Waals surface area contributed by atoms with Crippen LogP contribution in [0, 0.1) is 0 Å². The van der Waals surface area contributed by atoms with Crippen molar-refractivity contribution in [2.75, 3.05) is 24.7 Å². The van der Waals surface area contributed by atoms with E-state index in [0.717, 1.165) is 0 Å². The van der Waals surface area contributed by atoms with Crippen LogP contribution in [-0.4, -0.2) is 38.9 Å². The Morgan fingerprint density at radius 3 is 2.67 bits per heavy atom. The molecular weight excluding hydrogens is 334 g/mol. The van der Waals surface area contributed by atoms with E-state index in [0.29, 0.717) is 5.69 Å². The molecule has 120 valence electrons. The van der Waals surface area contributed by atoms with E-state index >= 15 is 0 Å².